The lowest BCUT2D eigenvalue weighted by Gasteiger charge is -2.26. The summed E-state index contributed by atoms with van der Waals surface area (Å²) >= 11 is 0. The first kappa shape index (κ1) is 16.5. The van der Waals surface area contributed by atoms with E-state index in [1.807, 2.05) is 43.8 Å². The fourth-order valence-corrected chi connectivity index (χ4v) is 2.46. The van der Waals surface area contributed by atoms with Crippen molar-refractivity contribution in [3.05, 3.63) is 29.3 Å². The maximum Gasteiger partial charge on any atom is 0.256 e. The van der Waals surface area contributed by atoms with Crippen molar-refractivity contribution in [1.82, 2.24) is 4.90 Å². The first-order valence-electron chi connectivity index (χ1n) is 7.57. The van der Waals surface area contributed by atoms with Crippen molar-refractivity contribution in [3.63, 3.8) is 0 Å². The molecule has 0 saturated carbocycles. The first-order valence-corrected chi connectivity index (χ1v) is 7.57. The molecule has 0 bridgehead atoms. The molecule has 1 atom stereocenters. The van der Waals surface area contributed by atoms with Crippen LogP contribution in [0, 0.1) is 0 Å². The minimum absolute atomic E-state index is 0.148. The summed E-state index contributed by atoms with van der Waals surface area (Å²) in [5.74, 6) is 0.541. The highest BCUT2D eigenvalue weighted by atomic mass is 16.2. The molecule has 0 aromatic heterocycles. The largest absolute Gasteiger partial charge is 0.377 e. The summed E-state index contributed by atoms with van der Waals surface area (Å²) in [5.41, 5.74) is 3.05. The van der Waals surface area contributed by atoms with Gasteiger partial charge in [-0.2, -0.15) is 0 Å². The number of carbonyl (C=O) groups is 1. The Hall–Kier alpha value is -1.51. The third kappa shape index (κ3) is 3.33. The fourth-order valence-electron chi connectivity index (χ4n) is 2.46. The van der Waals surface area contributed by atoms with Gasteiger partial charge in [0.25, 0.3) is 5.91 Å². The highest BCUT2D eigenvalue weighted by Gasteiger charge is 2.23. The average molecular weight is 276 g/mol. The van der Waals surface area contributed by atoms with Crippen molar-refractivity contribution in [2.45, 2.75) is 40.0 Å². The van der Waals surface area contributed by atoms with Crippen LogP contribution in [0.2, 0.25) is 0 Å². The van der Waals surface area contributed by atoms with Gasteiger partial charge >= 0.3 is 0 Å². The van der Waals surface area contributed by atoms with Gasteiger partial charge in [0.2, 0.25) is 0 Å². The zero-order valence-electron chi connectivity index (χ0n) is 13.7. The number of hydrogen-bond donors (Lipinski definition) is 0. The van der Waals surface area contributed by atoms with Gasteiger partial charge in [-0.3, -0.25) is 4.79 Å². The minimum Gasteiger partial charge on any atom is -0.377 e. The van der Waals surface area contributed by atoms with Gasteiger partial charge < -0.3 is 9.80 Å². The normalized spacial score (nSPS) is 12.1. The van der Waals surface area contributed by atoms with Crippen molar-refractivity contribution < 1.29 is 4.79 Å². The van der Waals surface area contributed by atoms with Gasteiger partial charge in [-0.15, -0.1) is 0 Å². The summed E-state index contributed by atoms with van der Waals surface area (Å²) < 4.78 is 0. The summed E-state index contributed by atoms with van der Waals surface area (Å²) in [6, 6.07) is 6.18. The molecule has 0 aliphatic rings. The van der Waals surface area contributed by atoms with E-state index in [4.69, 9.17) is 0 Å². The van der Waals surface area contributed by atoms with E-state index in [-0.39, 0.29) is 5.91 Å². The van der Waals surface area contributed by atoms with Gasteiger partial charge in [0.15, 0.2) is 0 Å². The monoisotopic (exact) mass is 276 g/mol. The third-order valence-electron chi connectivity index (χ3n) is 3.96. The average Bonchev–Trinajstić information content (AvgIpc) is 2.46. The van der Waals surface area contributed by atoms with Crippen molar-refractivity contribution in [2.75, 3.05) is 32.1 Å². The van der Waals surface area contributed by atoms with Crippen LogP contribution in [0.5, 0.6) is 0 Å². The van der Waals surface area contributed by atoms with Gasteiger partial charge in [0.05, 0.1) is 5.56 Å². The Labute approximate surface area is 123 Å². The Morgan fingerprint density at radius 1 is 1.15 bits per heavy atom. The Morgan fingerprint density at radius 2 is 1.75 bits per heavy atom. The SMILES string of the molecule is CCC(C)c1cccc(N(C)C)c1C(=O)N(CC)CC. The smallest absolute Gasteiger partial charge is 0.256 e. The summed E-state index contributed by atoms with van der Waals surface area (Å²) in [6.07, 6.45) is 1.04. The molecule has 0 aliphatic carbocycles. The number of amides is 1. The predicted molar refractivity (Wildman–Crippen MR) is 86.7 cm³/mol. The van der Waals surface area contributed by atoms with Gasteiger partial charge in [-0.05, 0) is 37.8 Å². The van der Waals surface area contributed by atoms with Crippen molar-refractivity contribution in [1.29, 1.82) is 0 Å². The standard InChI is InChI=1S/C17H28N2O/c1-7-13(4)14-11-10-12-15(18(5)6)16(14)17(20)19(8-2)9-3/h10-13H,7-9H2,1-6H3. The number of benzene rings is 1. The molecule has 3 nitrogen and oxygen atoms in total. The first-order chi connectivity index (χ1) is 9.47. The third-order valence-corrected chi connectivity index (χ3v) is 3.96. The number of carbonyl (C=O) groups excluding carboxylic acids is 1. The van der Waals surface area contributed by atoms with Crippen LogP contribution in [0.4, 0.5) is 5.69 Å². The van der Waals surface area contributed by atoms with Gasteiger partial charge in [-0.1, -0.05) is 26.0 Å². The second kappa shape index (κ2) is 7.32. The summed E-state index contributed by atoms with van der Waals surface area (Å²) in [4.78, 5) is 16.8. The quantitative estimate of drug-likeness (QED) is 0.790. The van der Waals surface area contributed by atoms with Crippen LogP contribution in [0.3, 0.4) is 0 Å². The summed E-state index contributed by atoms with van der Waals surface area (Å²) in [6.45, 7) is 9.91. The zero-order valence-corrected chi connectivity index (χ0v) is 13.7. The van der Waals surface area contributed by atoms with Crippen LogP contribution < -0.4 is 4.90 Å². The number of rotatable bonds is 6. The summed E-state index contributed by atoms with van der Waals surface area (Å²) in [5, 5.41) is 0. The molecule has 0 heterocycles. The van der Waals surface area contributed by atoms with E-state index in [2.05, 4.69) is 26.0 Å². The zero-order chi connectivity index (χ0) is 15.3. The van der Waals surface area contributed by atoms with Crippen molar-refractivity contribution in [3.8, 4) is 0 Å². The topological polar surface area (TPSA) is 23.6 Å². The molecule has 20 heavy (non-hydrogen) atoms. The molecule has 1 aromatic carbocycles. The second-order valence-electron chi connectivity index (χ2n) is 5.42. The Balaban J connectivity index is 3.42. The van der Waals surface area contributed by atoms with Gasteiger partial charge in [0, 0.05) is 32.9 Å². The summed E-state index contributed by atoms with van der Waals surface area (Å²) in [7, 11) is 3.99. The van der Waals surface area contributed by atoms with Crippen LogP contribution >= 0.6 is 0 Å². The molecule has 0 fully saturated rings. The number of hydrogen-bond acceptors (Lipinski definition) is 2. The van der Waals surface area contributed by atoms with Gasteiger partial charge in [-0.25, -0.2) is 0 Å². The van der Waals surface area contributed by atoms with Crippen LogP contribution in [-0.2, 0) is 0 Å². The molecule has 1 aromatic rings. The molecule has 0 aliphatic heterocycles. The van der Waals surface area contributed by atoms with E-state index in [0.717, 1.165) is 36.3 Å². The molecule has 0 N–H and O–H groups in total. The highest BCUT2D eigenvalue weighted by molar-refractivity contribution is 6.01. The maximum atomic E-state index is 12.9. The Kier molecular flexibility index (Phi) is 6.05. The van der Waals surface area contributed by atoms with Crippen LogP contribution in [0.1, 0.15) is 56.0 Å². The van der Waals surface area contributed by atoms with E-state index < -0.39 is 0 Å². The Bertz CT molecular complexity index is 450. The van der Waals surface area contributed by atoms with E-state index in [9.17, 15) is 4.79 Å². The predicted octanol–water partition coefficient (Wildman–Crippen LogP) is 3.75. The van der Waals surface area contributed by atoms with Crippen LogP contribution in [-0.4, -0.2) is 38.0 Å². The fraction of sp³-hybridized carbons (Fsp3) is 0.588. The molecule has 1 amide bonds. The lowest BCUT2D eigenvalue weighted by atomic mass is 9.91. The molecular weight excluding hydrogens is 248 g/mol. The van der Waals surface area contributed by atoms with Gasteiger partial charge in [0.1, 0.15) is 0 Å². The lowest BCUT2D eigenvalue weighted by Crippen LogP contribution is -2.32. The van der Waals surface area contributed by atoms with Crippen molar-refractivity contribution in [2.24, 2.45) is 0 Å². The molecule has 112 valence electrons. The molecule has 0 radical (unpaired) electrons. The van der Waals surface area contributed by atoms with Crippen molar-refractivity contribution >= 4 is 11.6 Å². The lowest BCUT2D eigenvalue weighted by molar-refractivity contribution is 0.0772. The molecule has 1 unspecified atom stereocenters. The maximum absolute atomic E-state index is 12.9. The molecular formula is C17H28N2O. The second-order valence-corrected chi connectivity index (χ2v) is 5.42. The highest BCUT2D eigenvalue weighted by Crippen LogP contribution is 2.30. The van der Waals surface area contributed by atoms with E-state index in [1.165, 1.54) is 0 Å². The number of nitrogens with zero attached hydrogens (tertiary/aromatic N) is 2. The number of anilines is 1. The minimum atomic E-state index is 0.148. The molecule has 3 heteroatoms. The Morgan fingerprint density at radius 3 is 2.20 bits per heavy atom. The van der Waals surface area contributed by atoms with Crippen LogP contribution in [0.25, 0.3) is 0 Å². The molecule has 0 spiro atoms. The van der Waals surface area contributed by atoms with E-state index in [1.54, 1.807) is 0 Å². The van der Waals surface area contributed by atoms with E-state index in [0.29, 0.717) is 5.92 Å². The molecule has 0 saturated heterocycles. The van der Waals surface area contributed by atoms with E-state index >= 15 is 0 Å². The molecule has 1 rings (SSSR count). The van der Waals surface area contributed by atoms with Crippen LogP contribution in [0.15, 0.2) is 18.2 Å².